The Hall–Kier alpha value is -0.290. The highest BCUT2D eigenvalue weighted by Gasteiger charge is 2.37. The molecule has 1 aliphatic rings. The smallest absolute Gasteiger partial charge is 0.330 e. The number of nitrogens with two attached hydrogens (primary N) is 1. The van der Waals surface area contributed by atoms with Crippen LogP contribution >= 0.6 is 0 Å². The van der Waals surface area contributed by atoms with Crippen molar-refractivity contribution in [3.63, 3.8) is 0 Å². The molecule has 1 saturated carbocycles. The number of hydrogen-bond donors (Lipinski definition) is 1. The molecule has 1 fully saturated rings. The van der Waals surface area contributed by atoms with Crippen LogP contribution in [-0.2, 0) is 0 Å². The predicted octanol–water partition coefficient (Wildman–Crippen LogP) is 2.78. The summed E-state index contributed by atoms with van der Waals surface area (Å²) in [6, 6.07) is 0. The lowest BCUT2D eigenvalue weighted by molar-refractivity contribution is -0.149. The average Bonchev–Trinajstić information content (AvgIpc) is 2.65. The molecule has 0 aromatic rings. The Kier molecular flexibility index (Phi) is 5.25. The second kappa shape index (κ2) is 6.05. The first-order chi connectivity index (χ1) is 7.91. The third kappa shape index (κ3) is 4.84. The fourth-order valence-corrected chi connectivity index (χ4v) is 2.81. The van der Waals surface area contributed by atoms with Gasteiger partial charge in [-0.15, -0.1) is 0 Å². The van der Waals surface area contributed by atoms with E-state index in [0.29, 0.717) is 19.6 Å². The van der Waals surface area contributed by atoms with Crippen molar-refractivity contribution >= 4 is 0 Å². The molecule has 0 radical (unpaired) electrons. The van der Waals surface area contributed by atoms with Crippen LogP contribution in [0.25, 0.3) is 0 Å². The van der Waals surface area contributed by atoms with Crippen molar-refractivity contribution in [3.05, 3.63) is 0 Å². The normalized spacial score (nSPS) is 20.1. The van der Waals surface area contributed by atoms with Crippen LogP contribution in [0.4, 0.5) is 13.2 Å². The zero-order chi connectivity index (χ0) is 12.9. The molecule has 2 N–H and O–H groups in total. The van der Waals surface area contributed by atoms with Crippen molar-refractivity contribution in [1.82, 2.24) is 4.90 Å². The van der Waals surface area contributed by atoms with Crippen molar-refractivity contribution in [2.75, 3.05) is 26.2 Å². The third-order valence-corrected chi connectivity index (χ3v) is 3.60. The van der Waals surface area contributed by atoms with Gasteiger partial charge >= 0.3 is 6.18 Å². The highest BCUT2D eigenvalue weighted by molar-refractivity contribution is 4.88. The molecule has 0 saturated heterocycles. The highest BCUT2D eigenvalue weighted by Crippen LogP contribution is 2.38. The van der Waals surface area contributed by atoms with Gasteiger partial charge in [0.1, 0.15) is 0 Å². The van der Waals surface area contributed by atoms with E-state index in [4.69, 9.17) is 5.73 Å². The molecule has 0 amide bonds. The minimum Gasteiger partial charge on any atom is -0.330 e. The highest BCUT2D eigenvalue weighted by atomic mass is 19.4. The second-order valence-corrected chi connectivity index (χ2v) is 5.24. The van der Waals surface area contributed by atoms with E-state index in [1.165, 1.54) is 4.90 Å². The Balaban J connectivity index is 2.58. The van der Waals surface area contributed by atoms with Gasteiger partial charge in [-0.1, -0.05) is 19.8 Å². The molecule has 1 aliphatic carbocycles. The molecule has 17 heavy (non-hydrogen) atoms. The van der Waals surface area contributed by atoms with Gasteiger partial charge < -0.3 is 5.73 Å². The van der Waals surface area contributed by atoms with Crippen LogP contribution in [0.1, 0.15) is 39.0 Å². The van der Waals surface area contributed by atoms with Crippen LogP contribution in [-0.4, -0.2) is 37.3 Å². The summed E-state index contributed by atoms with van der Waals surface area (Å²) >= 11 is 0. The predicted molar refractivity (Wildman–Crippen MR) is 62.7 cm³/mol. The average molecular weight is 252 g/mol. The Labute approximate surface area is 101 Å². The standard InChI is InChI=1S/C12H23F3N2/c1-2-7-17(10-12(13,14)15)9-11(8-16)5-3-4-6-11/h2-10,16H2,1H3. The topological polar surface area (TPSA) is 29.3 Å². The molecule has 1 rings (SSSR count). The van der Waals surface area contributed by atoms with Crippen LogP contribution in [0.15, 0.2) is 0 Å². The summed E-state index contributed by atoms with van der Waals surface area (Å²) in [5, 5.41) is 0. The van der Waals surface area contributed by atoms with Crippen LogP contribution in [0.2, 0.25) is 0 Å². The lowest BCUT2D eigenvalue weighted by Crippen LogP contribution is -2.44. The second-order valence-electron chi connectivity index (χ2n) is 5.24. The van der Waals surface area contributed by atoms with Gasteiger partial charge in [-0.2, -0.15) is 13.2 Å². The first-order valence-electron chi connectivity index (χ1n) is 6.40. The first kappa shape index (κ1) is 14.8. The summed E-state index contributed by atoms with van der Waals surface area (Å²) < 4.78 is 37.4. The van der Waals surface area contributed by atoms with Crippen molar-refractivity contribution < 1.29 is 13.2 Å². The summed E-state index contributed by atoms with van der Waals surface area (Å²) in [6.07, 6.45) is 0.788. The van der Waals surface area contributed by atoms with Gasteiger partial charge in [0.15, 0.2) is 0 Å². The molecular formula is C12H23F3N2. The van der Waals surface area contributed by atoms with Crippen LogP contribution in [0.5, 0.6) is 0 Å². The molecule has 0 bridgehead atoms. The van der Waals surface area contributed by atoms with Crippen LogP contribution in [0.3, 0.4) is 0 Å². The van der Waals surface area contributed by atoms with Gasteiger partial charge in [-0.05, 0) is 37.8 Å². The maximum Gasteiger partial charge on any atom is 0.401 e. The molecule has 0 atom stereocenters. The summed E-state index contributed by atoms with van der Waals surface area (Å²) in [4.78, 5) is 1.53. The van der Waals surface area contributed by atoms with Gasteiger partial charge in [0.25, 0.3) is 0 Å². The maximum atomic E-state index is 12.5. The van der Waals surface area contributed by atoms with Gasteiger partial charge in [0.2, 0.25) is 0 Å². The van der Waals surface area contributed by atoms with Gasteiger partial charge in [-0.3, -0.25) is 4.90 Å². The Morgan fingerprint density at radius 1 is 1.24 bits per heavy atom. The Morgan fingerprint density at radius 2 is 1.82 bits per heavy atom. The van der Waals surface area contributed by atoms with E-state index in [9.17, 15) is 13.2 Å². The Bertz CT molecular complexity index is 222. The number of hydrogen-bond acceptors (Lipinski definition) is 2. The fourth-order valence-electron chi connectivity index (χ4n) is 2.81. The minimum absolute atomic E-state index is 0.0690. The van der Waals surface area contributed by atoms with Crippen LogP contribution < -0.4 is 5.73 Å². The van der Waals surface area contributed by atoms with E-state index in [2.05, 4.69) is 0 Å². The zero-order valence-corrected chi connectivity index (χ0v) is 10.5. The quantitative estimate of drug-likeness (QED) is 0.787. The molecule has 0 aromatic carbocycles. The summed E-state index contributed by atoms with van der Waals surface area (Å²) in [7, 11) is 0. The molecular weight excluding hydrogens is 229 g/mol. The molecule has 0 unspecified atom stereocenters. The fraction of sp³-hybridized carbons (Fsp3) is 1.00. The lowest BCUT2D eigenvalue weighted by atomic mass is 9.85. The summed E-state index contributed by atoms with van der Waals surface area (Å²) in [6.45, 7) is 2.61. The largest absolute Gasteiger partial charge is 0.401 e. The molecule has 0 spiro atoms. The van der Waals surface area contributed by atoms with E-state index in [1.54, 1.807) is 0 Å². The van der Waals surface area contributed by atoms with Gasteiger partial charge in [0.05, 0.1) is 6.54 Å². The minimum atomic E-state index is -4.11. The Morgan fingerprint density at radius 3 is 2.24 bits per heavy atom. The van der Waals surface area contributed by atoms with E-state index >= 15 is 0 Å². The van der Waals surface area contributed by atoms with E-state index < -0.39 is 12.7 Å². The van der Waals surface area contributed by atoms with Crippen molar-refractivity contribution in [3.8, 4) is 0 Å². The monoisotopic (exact) mass is 252 g/mol. The first-order valence-corrected chi connectivity index (χ1v) is 6.40. The molecule has 2 nitrogen and oxygen atoms in total. The number of halogens is 3. The zero-order valence-electron chi connectivity index (χ0n) is 10.5. The van der Waals surface area contributed by atoms with Crippen molar-refractivity contribution in [2.24, 2.45) is 11.1 Å². The summed E-state index contributed by atoms with van der Waals surface area (Å²) in [5.41, 5.74) is 5.70. The lowest BCUT2D eigenvalue weighted by Gasteiger charge is -2.34. The van der Waals surface area contributed by atoms with Crippen molar-refractivity contribution in [2.45, 2.75) is 45.2 Å². The molecule has 5 heteroatoms. The van der Waals surface area contributed by atoms with E-state index in [-0.39, 0.29) is 5.41 Å². The third-order valence-electron chi connectivity index (χ3n) is 3.60. The molecule has 102 valence electrons. The van der Waals surface area contributed by atoms with Gasteiger partial charge in [-0.25, -0.2) is 0 Å². The van der Waals surface area contributed by atoms with E-state index in [0.717, 1.165) is 32.1 Å². The van der Waals surface area contributed by atoms with Gasteiger partial charge in [0, 0.05) is 6.54 Å². The van der Waals surface area contributed by atoms with Crippen molar-refractivity contribution in [1.29, 1.82) is 0 Å². The number of alkyl halides is 3. The molecule has 0 aromatic heterocycles. The number of nitrogens with zero attached hydrogens (tertiary/aromatic N) is 1. The maximum absolute atomic E-state index is 12.5. The number of rotatable bonds is 6. The SMILES string of the molecule is CCCN(CC(F)(F)F)CC1(CN)CCCC1. The summed E-state index contributed by atoms with van der Waals surface area (Å²) in [5.74, 6) is 0. The molecule has 0 heterocycles. The molecule has 0 aliphatic heterocycles. The van der Waals surface area contributed by atoms with E-state index in [1.807, 2.05) is 6.92 Å². The van der Waals surface area contributed by atoms with Crippen LogP contribution in [0, 0.1) is 5.41 Å².